The predicted molar refractivity (Wildman–Crippen MR) is 94.5 cm³/mol. The molecule has 4 nitrogen and oxygen atoms in total. The highest BCUT2D eigenvalue weighted by atomic mass is 79.9. The van der Waals surface area contributed by atoms with Crippen molar-refractivity contribution in [1.82, 2.24) is 14.8 Å². The van der Waals surface area contributed by atoms with E-state index < -0.39 is 0 Å². The first-order valence-corrected chi connectivity index (χ1v) is 8.49. The van der Waals surface area contributed by atoms with Gasteiger partial charge in [0.15, 0.2) is 0 Å². The molecule has 1 aliphatic heterocycles. The molecule has 0 bridgehead atoms. The zero-order chi connectivity index (χ0) is 15.8. The maximum absolute atomic E-state index is 4.43. The van der Waals surface area contributed by atoms with Gasteiger partial charge in [-0.05, 0) is 42.2 Å². The van der Waals surface area contributed by atoms with E-state index in [-0.39, 0.29) is 12.1 Å². The summed E-state index contributed by atoms with van der Waals surface area (Å²) in [6, 6.07) is 17.4. The fourth-order valence-electron chi connectivity index (χ4n) is 3.25. The second kappa shape index (κ2) is 5.81. The predicted octanol–water partition coefficient (Wildman–Crippen LogP) is 4.50. The number of nitrogens with one attached hydrogen (secondary N) is 1. The first-order chi connectivity index (χ1) is 11.2. The largest absolute Gasteiger partial charge is 0.348 e. The number of fused-ring (bicyclic) bond motifs is 1. The minimum atomic E-state index is 0.198. The van der Waals surface area contributed by atoms with Gasteiger partial charge in [-0.15, -0.1) is 0 Å². The number of aryl methyl sites for hydroxylation is 1. The molecule has 2 atom stereocenters. The van der Waals surface area contributed by atoms with Crippen LogP contribution in [0.25, 0.3) is 0 Å². The number of nitrogens with zero attached hydrogens (tertiary/aromatic N) is 3. The lowest BCUT2D eigenvalue weighted by atomic mass is 9.91. The molecule has 2 heterocycles. The van der Waals surface area contributed by atoms with Crippen molar-refractivity contribution in [2.75, 3.05) is 5.32 Å². The van der Waals surface area contributed by atoms with E-state index in [1.165, 1.54) is 16.7 Å². The standard InChI is InChI=1S/C18H17BrN4/c1-12-4-2-3-5-15(12)17-10-16(13-6-8-14(19)9-7-13)22-18-20-11-21-23(17)18/h2-9,11,16-17H,10H2,1H3,(H,20,21,22)/t16-,17-/m1/s1. The Morgan fingerprint density at radius 1 is 1.13 bits per heavy atom. The second-order valence-corrected chi connectivity index (χ2v) is 6.80. The van der Waals surface area contributed by atoms with Crippen LogP contribution >= 0.6 is 15.9 Å². The zero-order valence-corrected chi connectivity index (χ0v) is 14.4. The van der Waals surface area contributed by atoms with Crippen molar-refractivity contribution in [3.63, 3.8) is 0 Å². The van der Waals surface area contributed by atoms with Gasteiger partial charge >= 0.3 is 0 Å². The molecule has 0 spiro atoms. The Morgan fingerprint density at radius 3 is 2.70 bits per heavy atom. The van der Waals surface area contributed by atoms with Crippen LogP contribution in [-0.4, -0.2) is 14.8 Å². The fourth-order valence-corrected chi connectivity index (χ4v) is 3.52. The molecule has 3 aromatic rings. The Morgan fingerprint density at radius 2 is 1.91 bits per heavy atom. The first-order valence-electron chi connectivity index (χ1n) is 7.69. The molecule has 1 aliphatic rings. The molecule has 4 rings (SSSR count). The van der Waals surface area contributed by atoms with Crippen LogP contribution < -0.4 is 5.32 Å². The van der Waals surface area contributed by atoms with Crippen molar-refractivity contribution >= 4 is 21.9 Å². The summed E-state index contributed by atoms with van der Waals surface area (Å²) in [5.74, 6) is 0.831. The quantitative estimate of drug-likeness (QED) is 0.724. The normalized spacial score (nSPS) is 19.9. The molecule has 0 saturated heterocycles. The van der Waals surface area contributed by atoms with E-state index in [4.69, 9.17) is 0 Å². The molecule has 0 unspecified atom stereocenters. The van der Waals surface area contributed by atoms with Gasteiger partial charge in [-0.3, -0.25) is 0 Å². The number of halogens is 1. The number of rotatable bonds is 2. The summed E-state index contributed by atoms with van der Waals surface area (Å²) < 4.78 is 3.09. The molecular formula is C18H17BrN4. The third-order valence-corrected chi connectivity index (χ3v) is 4.98. The summed E-state index contributed by atoms with van der Waals surface area (Å²) in [5.41, 5.74) is 3.86. The minimum absolute atomic E-state index is 0.198. The summed E-state index contributed by atoms with van der Waals surface area (Å²) in [6.45, 7) is 2.16. The molecule has 2 aromatic carbocycles. The highest BCUT2D eigenvalue weighted by Gasteiger charge is 2.30. The highest BCUT2D eigenvalue weighted by Crippen LogP contribution is 2.38. The first kappa shape index (κ1) is 14.5. The number of hydrogen-bond acceptors (Lipinski definition) is 3. The maximum atomic E-state index is 4.43. The SMILES string of the molecule is Cc1ccccc1[C@H]1C[C@H](c2ccc(Br)cc2)Nc2ncnn21. The van der Waals surface area contributed by atoms with Crippen LogP contribution in [0.2, 0.25) is 0 Å². The molecule has 1 aromatic heterocycles. The van der Waals surface area contributed by atoms with E-state index in [0.717, 1.165) is 16.8 Å². The van der Waals surface area contributed by atoms with Crippen LogP contribution in [0.5, 0.6) is 0 Å². The number of hydrogen-bond donors (Lipinski definition) is 1. The van der Waals surface area contributed by atoms with Crippen LogP contribution in [0.3, 0.4) is 0 Å². The fraction of sp³-hybridized carbons (Fsp3) is 0.222. The molecule has 1 N–H and O–H groups in total. The molecule has 5 heteroatoms. The topological polar surface area (TPSA) is 42.7 Å². The van der Waals surface area contributed by atoms with Gasteiger partial charge < -0.3 is 5.32 Å². The molecule has 0 radical (unpaired) electrons. The van der Waals surface area contributed by atoms with Crippen molar-refractivity contribution in [3.8, 4) is 0 Å². The van der Waals surface area contributed by atoms with Crippen LogP contribution in [-0.2, 0) is 0 Å². The van der Waals surface area contributed by atoms with Gasteiger partial charge in [0.2, 0.25) is 5.95 Å². The van der Waals surface area contributed by atoms with Crippen molar-refractivity contribution in [2.24, 2.45) is 0 Å². The average molecular weight is 369 g/mol. The van der Waals surface area contributed by atoms with E-state index in [2.05, 4.69) is 86.8 Å². The third-order valence-electron chi connectivity index (χ3n) is 4.45. The van der Waals surface area contributed by atoms with Crippen LogP contribution in [0.4, 0.5) is 5.95 Å². The summed E-state index contributed by atoms with van der Waals surface area (Å²) >= 11 is 3.50. The van der Waals surface area contributed by atoms with E-state index >= 15 is 0 Å². The van der Waals surface area contributed by atoms with Gasteiger partial charge in [-0.1, -0.05) is 52.3 Å². The van der Waals surface area contributed by atoms with E-state index in [1.54, 1.807) is 6.33 Å². The number of anilines is 1. The highest BCUT2D eigenvalue weighted by molar-refractivity contribution is 9.10. The number of aromatic nitrogens is 3. The molecule has 116 valence electrons. The van der Waals surface area contributed by atoms with Gasteiger partial charge in [-0.2, -0.15) is 10.1 Å². The van der Waals surface area contributed by atoms with Crippen molar-refractivity contribution in [2.45, 2.75) is 25.4 Å². The smallest absolute Gasteiger partial charge is 0.222 e. The Hall–Kier alpha value is -2.14. The van der Waals surface area contributed by atoms with Crippen molar-refractivity contribution in [3.05, 3.63) is 76.0 Å². The summed E-state index contributed by atoms with van der Waals surface area (Å²) in [5, 5.41) is 7.94. The van der Waals surface area contributed by atoms with Crippen molar-refractivity contribution < 1.29 is 0 Å². The monoisotopic (exact) mass is 368 g/mol. The van der Waals surface area contributed by atoms with Crippen molar-refractivity contribution in [1.29, 1.82) is 0 Å². The van der Waals surface area contributed by atoms with E-state index in [9.17, 15) is 0 Å². The summed E-state index contributed by atoms with van der Waals surface area (Å²) in [7, 11) is 0. The second-order valence-electron chi connectivity index (χ2n) is 5.88. The van der Waals surface area contributed by atoms with Crippen LogP contribution in [0.15, 0.2) is 59.3 Å². The van der Waals surface area contributed by atoms with Gasteiger partial charge in [0.25, 0.3) is 0 Å². The summed E-state index contributed by atoms with van der Waals surface area (Å²) in [6.07, 6.45) is 2.57. The lowest BCUT2D eigenvalue weighted by molar-refractivity contribution is 0.429. The lowest BCUT2D eigenvalue weighted by Gasteiger charge is -2.32. The molecule has 23 heavy (non-hydrogen) atoms. The third kappa shape index (κ3) is 2.65. The Labute approximate surface area is 143 Å². The van der Waals surface area contributed by atoms with Crippen LogP contribution in [0, 0.1) is 6.92 Å². The molecule has 0 saturated carbocycles. The Bertz CT molecular complexity index is 825. The Kier molecular flexibility index (Phi) is 3.65. The number of benzene rings is 2. The van der Waals surface area contributed by atoms with E-state index in [0.29, 0.717) is 0 Å². The zero-order valence-electron chi connectivity index (χ0n) is 12.8. The van der Waals surface area contributed by atoms with Gasteiger partial charge in [0, 0.05) is 4.47 Å². The molecule has 0 fully saturated rings. The average Bonchev–Trinajstić information content (AvgIpc) is 3.04. The minimum Gasteiger partial charge on any atom is -0.348 e. The molecular weight excluding hydrogens is 352 g/mol. The van der Waals surface area contributed by atoms with Gasteiger partial charge in [0.05, 0.1) is 12.1 Å². The van der Waals surface area contributed by atoms with Crippen LogP contribution in [0.1, 0.15) is 35.2 Å². The molecule has 0 aliphatic carbocycles. The summed E-state index contributed by atoms with van der Waals surface area (Å²) in [4.78, 5) is 4.39. The van der Waals surface area contributed by atoms with E-state index in [1.807, 2.05) is 4.68 Å². The molecule has 0 amide bonds. The van der Waals surface area contributed by atoms with Gasteiger partial charge in [0.1, 0.15) is 6.33 Å². The Balaban J connectivity index is 1.75. The maximum Gasteiger partial charge on any atom is 0.222 e. The lowest BCUT2D eigenvalue weighted by Crippen LogP contribution is -2.28. The van der Waals surface area contributed by atoms with Gasteiger partial charge in [-0.25, -0.2) is 4.68 Å².